The molecule has 2 aromatic heterocycles. The molecule has 0 amide bonds. The number of anilines is 2. The molecule has 0 saturated carbocycles. The van der Waals surface area contributed by atoms with Gasteiger partial charge in [-0.2, -0.15) is 5.10 Å². The second-order valence-electron chi connectivity index (χ2n) is 4.64. The summed E-state index contributed by atoms with van der Waals surface area (Å²) in [5.74, 6) is -0.00286. The van der Waals surface area contributed by atoms with Crippen molar-refractivity contribution in [2.45, 2.75) is 26.8 Å². The summed E-state index contributed by atoms with van der Waals surface area (Å²) in [6.07, 6.45) is 1.95. The Labute approximate surface area is 121 Å². The highest BCUT2D eigenvalue weighted by Gasteiger charge is 2.20. The molecule has 9 nitrogen and oxygen atoms in total. The zero-order valence-electron chi connectivity index (χ0n) is 11.9. The molecule has 0 unspecified atom stereocenters. The van der Waals surface area contributed by atoms with E-state index in [9.17, 15) is 10.1 Å². The number of nitrogens with two attached hydrogens (primary N) is 1. The van der Waals surface area contributed by atoms with Gasteiger partial charge in [0.05, 0.1) is 10.6 Å². The van der Waals surface area contributed by atoms with Crippen LogP contribution in [0.15, 0.2) is 12.4 Å². The number of hydrogen-bond acceptors (Lipinski definition) is 7. The fourth-order valence-electron chi connectivity index (χ4n) is 2.04. The van der Waals surface area contributed by atoms with E-state index in [1.165, 1.54) is 6.33 Å². The Morgan fingerprint density at radius 3 is 2.81 bits per heavy atom. The van der Waals surface area contributed by atoms with Crippen LogP contribution in [0, 0.1) is 24.0 Å². The summed E-state index contributed by atoms with van der Waals surface area (Å²) in [6.45, 7) is 5.18. The van der Waals surface area contributed by atoms with Gasteiger partial charge in [0.15, 0.2) is 0 Å². The van der Waals surface area contributed by atoms with E-state index in [-0.39, 0.29) is 17.3 Å². The first kappa shape index (κ1) is 14.7. The highest BCUT2D eigenvalue weighted by Crippen LogP contribution is 2.25. The van der Waals surface area contributed by atoms with Crippen molar-refractivity contribution in [3.63, 3.8) is 0 Å². The lowest BCUT2D eigenvalue weighted by molar-refractivity contribution is -0.383. The highest BCUT2D eigenvalue weighted by atomic mass is 16.6. The summed E-state index contributed by atoms with van der Waals surface area (Å²) in [5.41, 5.74) is 7.26. The van der Waals surface area contributed by atoms with Crippen LogP contribution in [0.5, 0.6) is 0 Å². The normalized spacial score (nSPS) is 10.6. The van der Waals surface area contributed by atoms with Gasteiger partial charge in [-0.25, -0.2) is 9.97 Å². The quantitative estimate of drug-likeness (QED) is 0.466. The molecule has 3 N–H and O–H groups in total. The molecule has 2 aromatic rings. The lowest BCUT2D eigenvalue weighted by Gasteiger charge is -2.07. The molecule has 0 saturated heterocycles. The van der Waals surface area contributed by atoms with Gasteiger partial charge in [-0.3, -0.25) is 14.8 Å². The lowest BCUT2D eigenvalue weighted by Crippen LogP contribution is -2.12. The molecule has 0 fully saturated rings. The van der Waals surface area contributed by atoms with Gasteiger partial charge in [0.1, 0.15) is 6.33 Å². The van der Waals surface area contributed by atoms with Crippen LogP contribution in [-0.2, 0) is 6.54 Å². The monoisotopic (exact) mass is 291 g/mol. The Bertz CT molecular complexity index is 653. The molecule has 0 aliphatic rings. The first-order valence-corrected chi connectivity index (χ1v) is 6.49. The van der Waals surface area contributed by atoms with Crippen molar-refractivity contribution in [3.05, 3.63) is 33.9 Å². The number of aryl methyl sites for hydroxylation is 3. The number of aromatic nitrogens is 4. The van der Waals surface area contributed by atoms with Crippen LogP contribution in [0.3, 0.4) is 0 Å². The molecule has 9 heteroatoms. The summed E-state index contributed by atoms with van der Waals surface area (Å²) in [7, 11) is 0. The third-order valence-electron chi connectivity index (χ3n) is 2.98. The largest absolute Gasteiger partial charge is 0.378 e. The van der Waals surface area contributed by atoms with Crippen LogP contribution in [0.25, 0.3) is 0 Å². The van der Waals surface area contributed by atoms with Crippen molar-refractivity contribution in [2.75, 3.05) is 17.6 Å². The Hall–Kier alpha value is -2.71. The van der Waals surface area contributed by atoms with E-state index in [0.29, 0.717) is 6.54 Å². The molecule has 2 rings (SSSR count). The molecule has 112 valence electrons. The van der Waals surface area contributed by atoms with Gasteiger partial charge in [0.2, 0.25) is 11.6 Å². The smallest absolute Gasteiger partial charge is 0.352 e. The predicted molar refractivity (Wildman–Crippen MR) is 77.9 cm³/mol. The maximum absolute atomic E-state index is 10.9. The van der Waals surface area contributed by atoms with E-state index in [1.807, 2.05) is 24.6 Å². The van der Waals surface area contributed by atoms with Crippen LogP contribution in [0.4, 0.5) is 17.3 Å². The minimum Gasteiger partial charge on any atom is -0.378 e. The van der Waals surface area contributed by atoms with E-state index in [0.717, 1.165) is 24.4 Å². The standard InChI is InChI=1S/C12H17N7O2/c1-8-6-9(2)18(17-8)5-3-4-14-12-10(19(20)21)11(13)15-7-16-12/h6-7H,3-5H2,1-2H3,(H3,13,14,15,16). The summed E-state index contributed by atoms with van der Waals surface area (Å²) >= 11 is 0. The Morgan fingerprint density at radius 1 is 1.43 bits per heavy atom. The molecule has 2 heterocycles. The van der Waals surface area contributed by atoms with E-state index in [1.54, 1.807) is 0 Å². The molecule has 0 aliphatic heterocycles. The molecule has 0 spiro atoms. The van der Waals surface area contributed by atoms with Gasteiger partial charge < -0.3 is 11.1 Å². The molecule has 0 radical (unpaired) electrons. The molecule has 0 bridgehead atoms. The maximum atomic E-state index is 10.9. The number of nitro groups is 1. The van der Waals surface area contributed by atoms with Crippen molar-refractivity contribution in [3.8, 4) is 0 Å². The van der Waals surface area contributed by atoms with Crippen molar-refractivity contribution in [1.82, 2.24) is 19.7 Å². The second-order valence-corrected chi connectivity index (χ2v) is 4.64. The zero-order chi connectivity index (χ0) is 15.4. The lowest BCUT2D eigenvalue weighted by atomic mass is 10.3. The molecule has 0 aliphatic carbocycles. The third-order valence-corrected chi connectivity index (χ3v) is 2.98. The summed E-state index contributed by atoms with van der Waals surface area (Å²) in [5, 5.41) is 18.2. The maximum Gasteiger partial charge on any atom is 0.352 e. The number of hydrogen-bond donors (Lipinski definition) is 2. The topological polar surface area (TPSA) is 125 Å². The van der Waals surface area contributed by atoms with E-state index in [4.69, 9.17) is 5.73 Å². The van der Waals surface area contributed by atoms with Crippen LogP contribution in [-0.4, -0.2) is 31.2 Å². The van der Waals surface area contributed by atoms with Gasteiger partial charge in [-0.15, -0.1) is 0 Å². The fraction of sp³-hybridized carbons (Fsp3) is 0.417. The molecule has 0 aromatic carbocycles. The van der Waals surface area contributed by atoms with Gasteiger partial charge in [0, 0.05) is 18.8 Å². The van der Waals surface area contributed by atoms with Gasteiger partial charge in [-0.05, 0) is 26.3 Å². The minimum absolute atomic E-state index is 0.140. The van der Waals surface area contributed by atoms with Gasteiger partial charge in [0.25, 0.3) is 0 Å². The average molecular weight is 291 g/mol. The second kappa shape index (κ2) is 6.16. The van der Waals surface area contributed by atoms with Crippen LogP contribution >= 0.6 is 0 Å². The Morgan fingerprint density at radius 2 is 2.19 bits per heavy atom. The van der Waals surface area contributed by atoms with E-state index in [2.05, 4.69) is 20.4 Å². The first-order valence-electron chi connectivity index (χ1n) is 6.49. The molecule has 0 atom stereocenters. The van der Waals surface area contributed by atoms with Gasteiger partial charge >= 0.3 is 5.69 Å². The molecular weight excluding hydrogens is 274 g/mol. The Kier molecular flexibility index (Phi) is 4.31. The minimum atomic E-state index is -0.585. The average Bonchev–Trinajstić information content (AvgIpc) is 2.72. The van der Waals surface area contributed by atoms with E-state index >= 15 is 0 Å². The van der Waals surface area contributed by atoms with Gasteiger partial charge in [-0.1, -0.05) is 0 Å². The van der Waals surface area contributed by atoms with E-state index < -0.39 is 4.92 Å². The van der Waals surface area contributed by atoms with Crippen LogP contribution in [0.2, 0.25) is 0 Å². The summed E-state index contributed by atoms with van der Waals surface area (Å²) < 4.78 is 1.90. The third kappa shape index (κ3) is 3.44. The predicted octanol–water partition coefficient (Wildman–Crippen LogP) is 1.28. The fourth-order valence-corrected chi connectivity index (χ4v) is 2.04. The SMILES string of the molecule is Cc1cc(C)n(CCCNc2ncnc(N)c2[N+](=O)[O-])n1. The number of nitrogens with one attached hydrogen (secondary N) is 1. The van der Waals surface area contributed by atoms with Crippen molar-refractivity contribution >= 4 is 17.3 Å². The molecule has 21 heavy (non-hydrogen) atoms. The zero-order valence-corrected chi connectivity index (χ0v) is 11.9. The molecular formula is C12H17N7O2. The van der Waals surface area contributed by atoms with Crippen molar-refractivity contribution < 1.29 is 4.92 Å². The van der Waals surface area contributed by atoms with Crippen LogP contribution in [0.1, 0.15) is 17.8 Å². The van der Waals surface area contributed by atoms with Crippen LogP contribution < -0.4 is 11.1 Å². The summed E-state index contributed by atoms with van der Waals surface area (Å²) in [6, 6.07) is 2.00. The van der Waals surface area contributed by atoms with Crippen molar-refractivity contribution in [2.24, 2.45) is 0 Å². The number of rotatable bonds is 6. The first-order chi connectivity index (χ1) is 9.99. The summed E-state index contributed by atoms with van der Waals surface area (Å²) in [4.78, 5) is 17.8. The number of nitrogen functional groups attached to an aromatic ring is 1. The van der Waals surface area contributed by atoms with Crippen molar-refractivity contribution in [1.29, 1.82) is 0 Å². The Balaban J connectivity index is 1.94. The number of nitrogens with zero attached hydrogens (tertiary/aromatic N) is 5. The highest BCUT2D eigenvalue weighted by molar-refractivity contribution is 5.67.